The number of aryl methyl sites for hydroxylation is 1. The second kappa shape index (κ2) is 5.97. The Kier molecular flexibility index (Phi) is 4.55. The molecule has 1 saturated heterocycles. The van der Waals surface area contributed by atoms with Crippen molar-refractivity contribution in [1.29, 1.82) is 0 Å². The van der Waals surface area contributed by atoms with Gasteiger partial charge in [0.25, 0.3) is 5.91 Å². The molecule has 2 heterocycles. The van der Waals surface area contributed by atoms with Crippen LogP contribution >= 0.6 is 35.3 Å². The monoisotopic (exact) mass is 299 g/mol. The lowest BCUT2D eigenvalue weighted by molar-refractivity contribution is -0.122. The summed E-state index contributed by atoms with van der Waals surface area (Å²) in [5.74, 6) is -0.0187. The van der Waals surface area contributed by atoms with Gasteiger partial charge in [-0.3, -0.25) is 9.69 Å². The topological polar surface area (TPSA) is 29.5 Å². The van der Waals surface area contributed by atoms with Gasteiger partial charge in [0, 0.05) is 12.0 Å². The number of ether oxygens (including phenoxy) is 1. The van der Waals surface area contributed by atoms with E-state index in [-0.39, 0.29) is 5.91 Å². The summed E-state index contributed by atoms with van der Waals surface area (Å²) in [5, 5.41) is 2.02. The lowest BCUT2D eigenvalue weighted by atomic mass is 10.2. The smallest absolute Gasteiger partial charge is 0.266 e. The first-order chi connectivity index (χ1) is 8.63. The summed E-state index contributed by atoms with van der Waals surface area (Å²) in [5.41, 5.74) is 1.18. The van der Waals surface area contributed by atoms with Crippen LogP contribution in [0.4, 0.5) is 0 Å². The molecule has 2 rings (SSSR count). The van der Waals surface area contributed by atoms with Crippen LogP contribution in [0, 0.1) is 6.92 Å². The van der Waals surface area contributed by atoms with Crippen LogP contribution in [0.3, 0.4) is 0 Å². The van der Waals surface area contributed by atoms with E-state index in [1.54, 1.807) is 23.3 Å². The zero-order chi connectivity index (χ0) is 13.1. The fraction of sp³-hybridized carbons (Fsp3) is 0.333. The third kappa shape index (κ3) is 2.83. The summed E-state index contributed by atoms with van der Waals surface area (Å²) in [4.78, 5) is 15.6. The Balaban J connectivity index is 2.17. The maximum absolute atomic E-state index is 12.2. The van der Waals surface area contributed by atoms with E-state index in [1.165, 1.54) is 17.3 Å². The Morgan fingerprint density at radius 3 is 2.94 bits per heavy atom. The molecule has 1 aromatic rings. The van der Waals surface area contributed by atoms with Crippen LogP contribution < -0.4 is 0 Å². The number of thiocarbonyl (C=S) groups is 1. The van der Waals surface area contributed by atoms with Crippen molar-refractivity contribution in [1.82, 2.24) is 4.90 Å². The highest BCUT2D eigenvalue weighted by molar-refractivity contribution is 8.26. The third-order valence-corrected chi connectivity index (χ3v) is 4.90. The van der Waals surface area contributed by atoms with Crippen molar-refractivity contribution >= 4 is 51.6 Å². The minimum absolute atomic E-state index is 0.0187. The molecule has 18 heavy (non-hydrogen) atoms. The van der Waals surface area contributed by atoms with Crippen LogP contribution in [0.25, 0.3) is 6.08 Å². The minimum Gasteiger partial charge on any atom is -0.383 e. The summed E-state index contributed by atoms with van der Waals surface area (Å²) in [6.07, 6.45) is 1.92. The minimum atomic E-state index is -0.0187. The Morgan fingerprint density at radius 1 is 1.56 bits per heavy atom. The maximum Gasteiger partial charge on any atom is 0.266 e. The number of carbonyl (C=O) groups excluding carboxylic acids is 1. The first-order valence-corrected chi connectivity index (χ1v) is 7.52. The van der Waals surface area contributed by atoms with Crippen LogP contribution in [-0.2, 0) is 9.53 Å². The van der Waals surface area contributed by atoms with Crippen molar-refractivity contribution in [2.24, 2.45) is 0 Å². The van der Waals surface area contributed by atoms with Crippen molar-refractivity contribution < 1.29 is 9.53 Å². The Bertz CT molecular complexity index is 507. The number of amides is 1. The maximum atomic E-state index is 12.2. The molecule has 1 aliphatic heterocycles. The van der Waals surface area contributed by atoms with Crippen molar-refractivity contribution in [2.75, 3.05) is 20.3 Å². The average molecular weight is 299 g/mol. The summed E-state index contributed by atoms with van der Waals surface area (Å²) in [7, 11) is 1.61. The van der Waals surface area contributed by atoms with Crippen LogP contribution in [0.5, 0.6) is 0 Å². The van der Waals surface area contributed by atoms with Crippen molar-refractivity contribution in [3.05, 3.63) is 26.8 Å². The molecule has 1 amide bonds. The van der Waals surface area contributed by atoms with Gasteiger partial charge in [-0.25, -0.2) is 0 Å². The highest BCUT2D eigenvalue weighted by Gasteiger charge is 2.31. The second-order valence-electron chi connectivity index (χ2n) is 3.79. The molecule has 0 radical (unpaired) electrons. The van der Waals surface area contributed by atoms with E-state index in [0.717, 1.165) is 4.88 Å². The summed E-state index contributed by atoms with van der Waals surface area (Å²) < 4.78 is 5.59. The zero-order valence-electron chi connectivity index (χ0n) is 10.1. The van der Waals surface area contributed by atoms with Gasteiger partial charge in [0.15, 0.2) is 0 Å². The lowest BCUT2D eigenvalue weighted by Crippen LogP contribution is -2.31. The molecule has 0 unspecified atom stereocenters. The van der Waals surface area contributed by atoms with Crippen molar-refractivity contribution in [3.8, 4) is 0 Å². The number of nitrogens with zero attached hydrogens (tertiary/aromatic N) is 1. The van der Waals surface area contributed by atoms with Gasteiger partial charge in [-0.05, 0) is 30.0 Å². The van der Waals surface area contributed by atoms with Gasteiger partial charge in [0.1, 0.15) is 4.32 Å². The molecule has 96 valence electrons. The van der Waals surface area contributed by atoms with E-state index in [4.69, 9.17) is 17.0 Å². The van der Waals surface area contributed by atoms with Gasteiger partial charge < -0.3 is 4.74 Å². The normalized spacial score (nSPS) is 18.1. The molecule has 3 nitrogen and oxygen atoms in total. The van der Waals surface area contributed by atoms with Crippen LogP contribution in [0.1, 0.15) is 10.4 Å². The van der Waals surface area contributed by atoms with E-state index < -0.39 is 0 Å². The molecule has 0 bridgehead atoms. The number of hydrogen-bond acceptors (Lipinski definition) is 5. The van der Waals surface area contributed by atoms with Crippen LogP contribution in [-0.4, -0.2) is 35.4 Å². The Labute approximate surface area is 120 Å². The molecule has 0 N–H and O–H groups in total. The van der Waals surface area contributed by atoms with E-state index in [2.05, 4.69) is 0 Å². The van der Waals surface area contributed by atoms with Crippen molar-refractivity contribution in [2.45, 2.75) is 6.92 Å². The SMILES string of the molecule is COCCN1C(=O)C(=Cc2sccc2C)SC1=S. The highest BCUT2D eigenvalue weighted by Crippen LogP contribution is 2.33. The first-order valence-electron chi connectivity index (χ1n) is 5.42. The molecular weight excluding hydrogens is 286 g/mol. The fourth-order valence-corrected chi connectivity index (χ4v) is 3.75. The summed E-state index contributed by atoms with van der Waals surface area (Å²) >= 11 is 8.20. The molecule has 0 aromatic carbocycles. The third-order valence-electron chi connectivity index (χ3n) is 2.56. The molecule has 0 spiro atoms. The highest BCUT2D eigenvalue weighted by atomic mass is 32.2. The van der Waals surface area contributed by atoms with Crippen molar-refractivity contribution in [3.63, 3.8) is 0 Å². The van der Waals surface area contributed by atoms with Gasteiger partial charge in [0.2, 0.25) is 0 Å². The molecule has 1 aliphatic rings. The molecule has 6 heteroatoms. The fourth-order valence-electron chi connectivity index (χ4n) is 1.53. The predicted molar refractivity (Wildman–Crippen MR) is 80.8 cm³/mol. The van der Waals surface area contributed by atoms with E-state index in [1.807, 2.05) is 24.4 Å². The summed E-state index contributed by atoms with van der Waals surface area (Å²) in [6.45, 7) is 3.05. The number of thiophene rings is 1. The number of carbonyl (C=O) groups is 1. The number of rotatable bonds is 4. The van der Waals surface area contributed by atoms with E-state index >= 15 is 0 Å². The Hall–Kier alpha value is -0.690. The predicted octanol–water partition coefficient (Wildman–Crippen LogP) is 2.90. The zero-order valence-corrected chi connectivity index (χ0v) is 12.6. The van der Waals surface area contributed by atoms with Gasteiger partial charge >= 0.3 is 0 Å². The largest absolute Gasteiger partial charge is 0.383 e. The second-order valence-corrected chi connectivity index (χ2v) is 6.42. The number of methoxy groups -OCH3 is 1. The summed E-state index contributed by atoms with van der Waals surface area (Å²) in [6, 6.07) is 2.04. The van der Waals surface area contributed by atoms with E-state index in [0.29, 0.717) is 22.4 Å². The van der Waals surface area contributed by atoms with Crippen LogP contribution in [0.2, 0.25) is 0 Å². The first kappa shape index (κ1) is 13.7. The van der Waals surface area contributed by atoms with Gasteiger partial charge in [0.05, 0.1) is 18.1 Å². The van der Waals surface area contributed by atoms with Gasteiger partial charge in [-0.15, -0.1) is 11.3 Å². The molecular formula is C12H13NO2S3. The van der Waals surface area contributed by atoms with Gasteiger partial charge in [-0.2, -0.15) is 0 Å². The van der Waals surface area contributed by atoms with E-state index in [9.17, 15) is 4.79 Å². The number of hydrogen-bond donors (Lipinski definition) is 0. The Morgan fingerprint density at radius 2 is 2.33 bits per heavy atom. The molecule has 1 fully saturated rings. The molecule has 1 aromatic heterocycles. The average Bonchev–Trinajstić information content (AvgIpc) is 2.84. The lowest BCUT2D eigenvalue weighted by Gasteiger charge is -2.12. The standard InChI is InChI=1S/C12H13NO2S3/c1-8-3-6-17-9(8)7-10-11(14)13(4-5-15-2)12(16)18-10/h3,6-7H,4-5H2,1-2H3. The molecule has 0 saturated carbocycles. The molecule has 0 aliphatic carbocycles. The van der Waals surface area contributed by atoms with Crippen LogP contribution in [0.15, 0.2) is 16.4 Å². The quantitative estimate of drug-likeness (QED) is 0.631. The van der Waals surface area contributed by atoms with Gasteiger partial charge in [-0.1, -0.05) is 24.0 Å². The number of thioether (sulfide) groups is 1. The molecule has 0 atom stereocenters.